The van der Waals surface area contributed by atoms with E-state index in [4.69, 9.17) is 15.2 Å². The third-order valence-electron chi connectivity index (χ3n) is 4.88. The highest BCUT2D eigenvalue weighted by atomic mass is 16.5. The van der Waals surface area contributed by atoms with Crippen molar-refractivity contribution in [2.24, 2.45) is 0 Å². The van der Waals surface area contributed by atoms with Crippen LogP contribution in [-0.2, 0) is 0 Å². The molecule has 0 aliphatic heterocycles. The van der Waals surface area contributed by atoms with Crippen LogP contribution in [0.25, 0.3) is 23.1 Å². The number of nitrogen functional groups attached to an aromatic ring is 1. The van der Waals surface area contributed by atoms with Crippen molar-refractivity contribution < 1.29 is 9.47 Å². The Bertz CT molecular complexity index is 945. The summed E-state index contributed by atoms with van der Waals surface area (Å²) in [5.74, 6) is 1.23. The third-order valence-corrected chi connectivity index (χ3v) is 4.88. The van der Waals surface area contributed by atoms with Crippen molar-refractivity contribution in [3.8, 4) is 11.5 Å². The van der Waals surface area contributed by atoms with E-state index in [1.165, 1.54) is 0 Å². The Morgan fingerprint density at radius 2 is 1.89 bits per heavy atom. The highest BCUT2D eigenvalue weighted by molar-refractivity contribution is 5.90. The van der Waals surface area contributed by atoms with Crippen LogP contribution in [-0.4, -0.2) is 48.4 Å². The van der Waals surface area contributed by atoms with Gasteiger partial charge in [-0.2, -0.15) is 5.10 Å². The molecule has 0 aliphatic rings. The molecule has 0 aliphatic carbocycles. The van der Waals surface area contributed by atoms with E-state index < -0.39 is 0 Å². The third kappa shape index (κ3) is 4.28. The van der Waals surface area contributed by atoms with Crippen LogP contribution >= 0.6 is 0 Å². The average molecular weight is 380 g/mol. The maximum absolute atomic E-state index is 6.34. The number of nitrogens with zero attached hydrogens (tertiary/aromatic N) is 2. The molecule has 3 rings (SSSR count). The van der Waals surface area contributed by atoms with E-state index in [1.54, 1.807) is 7.11 Å². The number of hydrogen-bond donors (Lipinski definition) is 2. The Labute approximate surface area is 165 Å². The summed E-state index contributed by atoms with van der Waals surface area (Å²) in [6, 6.07) is 11.9. The van der Waals surface area contributed by atoms with Gasteiger partial charge in [0.1, 0.15) is 6.61 Å². The number of hydrogen-bond acceptors (Lipinski definition) is 5. The molecule has 0 saturated heterocycles. The normalized spacial score (nSPS) is 11.6. The van der Waals surface area contributed by atoms with Crippen molar-refractivity contribution in [3.05, 3.63) is 47.7 Å². The van der Waals surface area contributed by atoms with Gasteiger partial charge >= 0.3 is 0 Å². The molecule has 148 valence electrons. The summed E-state index contributed by atoms with van der Waals surface area (Å²) in [4.78, 5) is 2.31. The second-order valence-electron chi connectivity index (χ2n) is 6.46. The van der Waals surface area contributed by atoms with E-state index in [1.807, 2.05) is 48.6 Å². The Hall–Kier alpha value is -2.99. The molecule has 0 fully saturated rings. The van der Waals surface area contributed by atoms with Crippen LogP contribution in [0.5, 0.6) is 11.5 Å². The minimum absolute atomic E-state index is 0.555. The molecule has 0 unspecified atom stereocenters. The van der Waals surface area contributed by atoms with Gasteiger partial charge in [0.15, 0.2) is 11.5 Å². The summed E-state index contributed by atoms with van der Waals surface area (Å²) in [6.45, 7) is 7.75. The van der Waals surface area contributed by atoms with Gasteiger partial charge in [-0.05, 0) is 37.4 Å². The summed E-state index contributed by atoms with van der Waals surface area (Å²) in [5, 5.41) is 8.46. The Morgan fingerprint density at radius 1 is 1.11 bits per heavy atom. The maximum atomic E-state index is 6.34. The van der Waals surface area contributed by atoms with Gasteiger partial charge in [0.25, 0.3) is 0 Å². The van der Waals surface area contributed by atoms with Gasteiger partial charge in [-0.25, -0.2) is 0 Å². The number of aromatic nitrogens is 2. The van der Waals surface area contributed by atoms with E-state index in [-0.39, 0.29) is 0 Å². The van der Waals surface area contributed by atoms with E-state index in [9.17, 15) is 0 Å². The maximum Gasteiger partial charge on any atom is 0.184 e. The van der Waals surface area contributed by atoms with Gasteiger partial charge in [0.05, 0.1) is 24.0 Å². The molecule has 0 bridgehead atoms. The number of benzene rings is 2. The number of anilines is 1. The number of aromatic amines is 1. The number of nitrogens with one attached hydrogen (secondary N) is 1. The lowest BCUT2D eigenvalue weighted by Gasteiger charge is -2.19. The van der Waals surface area contributed by atoms with Crippen LogP contribution in [0, 0.1) is 0 Å². The molecule has 0 radical (unpaired) electrons. The van der Waals surface area contributed by atoms with Crippen LogP contribution in [0.2, 0.25) is 0 Å². The van der Waals surface area contributed by atoms with Crippen molar-refractivity contribution in [2.45, 2.75) is 13.8 Å². The first kappa shape index (κ1) is 19.8. The fourth-order valence-corrected chi connectivity index (χ4v) is 3.17. The topological polar surface area (TPSA) is 76.4 Å². The van der Waals surface area contributed by atoms with Crippen molar-refractivity contribution in [1.29, 1.82) is 0 Å². The zero-order valence-electron chi connectivity index (χ0n) is 16.7. The average Bonchev–Trinajstić information content (AvgIpc) is 3.14. The predicted molar refractivity (Wildman–Crippen MR) is 116 cm³/mol. The molecule has 0 amide bonds. The van der Waals surface area contributed by atoms with Crippen molar-refractivity contribution >= 4 is 28.7 Å². The van der Waals surface area contributed by atoms with Crippen LogP contribution in [0.3, 0.4) is 0 Å². The SMILES string of the molecule is CCN(CC)CCOc1ccc(/C=C/c2n[nH]c3ccccc23)c(N)c1OC. The largest absolute Gasteiger partial charge is 0.491 e. The molecule has 0 atom stereocenters. The van der Waals surface area contributed by atoms with E-state index in [0.717, 1.165) is 41.8 Å². The van der Waals surface area contributed by atoms with Crippen molar-refractivity contribution in [1.82, 2.24) is 15.1 Å². The van der Waals surface area contributed by atoms with E-state index >= 15 is 0 Å². The molecule has 1 heterocycles. The fraction of sp³-hybridized carbons (Fsp3) is 0.318. The van der Waals surface area contributed by atoms with Crippen LogP contribution in [0.15, 0.2) is 36.4 Å². The summed E-state index contributed by atoms with van der Waals surface area (Å²) < 4.78 is 11.4. The summed E-state index contributed by atoms with van der Waals surface area (Å²) >= 11 is 0. The zero-order valence-corrected chi connectivity index (χ0v) is 16.7. The number of likely N-dealkylation sites (N-methyl/N-ethyl adjacent to an activating group) is 1. The fourth-order valence-electron chi connectivity index (χ4n) is 3.17. The van der Waals surface area contributed by atoms with Gasteiger partial charge in [0, 0.05) is 17.5 Å². The molecule has 6 heteroatoms. The van der Waals surface area contributed by atoms with Gasteiger partial charge in [-0.1, -0.05) is 38.1 Å². The molecule has 1 aromatic heterocycles. The molecule has 0 spiro atoms. The van der Waals surface area contributed by atoms with Gasteiger partial charge < -0.3 is 20.1 Å². The number of H-pyrrole nitrogens is 1. The first-order chi connectivity index (χ1) is 13.7. The number of nitrogens with two attached hydrogens (primary N) is 1. The van der Waals surface area contributed by atoms with Crippen molar-refractivity contribution in [2.75, 3.05) is 39.1 Å². The van der Waals surface area contributed by atoms with Gasteiger partial charge in [-0.3, -0.25) is 5.10 Å². The number of fused-ring (bicyclic) bond motifs is 1. The number of para-hydroxylation sites is 1. The molecule has 3 aromatic rings. The van der Waals surface area contributed by atoms with Crippen LogP contribution in [0.4, 0.5) is 5.69 Å². The molecule has 2 aromatic carbocycles. The predicted octanol–water partition coefficient (Wildman–Crippen LogP) is 4.04. The van der Waals surface area contributed by atoms with Crippen molar-refractivity contribution in [3.63, 3.8) is 0 Å². The molecule has 28 heavy (non-hydrogen) atoms. The first-order valence-electron chi connectivity index (χ1n) is 9.60. The Morgan fingerprint density at radius 3 is 2.64 bits per heavy atom. The lowest BCUT2D eigenvalue weighted by molar-refractivity contribution is 0.217. The van der Waals surface area contributed by atoms with E-state index in [0.29, 0.717) is 23.8 Å². The Balaban J connectivity index is 1.77. The number of rotatable bonds is 9. The van der Waals surface area contributed by atoms with Crippen LogP contribution < -0.4 is 15.2 Å². The quantitative estimate of drug-likeness (QED) is 0.548. The zero-order chi connectivity index (χ0) is 19.9. The highest BCUT2D eigenvalue weighted by Gasteiger charge is 2.12. The second-order valence-corrected chi connectivity index (χ2v) is 6.46. The smallest absolute Gasteiger partial charge is 0.184 e. The second kappa shape index (κ2) is 9.28. The van der Waals surface area contributed by atoms with Gasteiger partial charge in [0.2, 0.25) is 0 Å². The standard InChI is InChI=1S/C22H28N4O2/c1-4-26(5-2)14-15-28-20-13-11-16(21(23)22(20)27-3)10-12-19-17-8-6-7-9-18(17)24-25-19/h6-13H,4-5,14-15,23H2,1-3H3,(H,24,25)/b12-10+. The molecular weight excluding hydrogens is 352 g/mol. The van der Waals surface area contributed by atoms with Crippen LogP contribution in [0.1, 0.15) is 25.1 Å². The molecular formula is C22H28N4O2. The number of methoxy groups -OCH3 is 1. The lowest BCUT2D eigenvalue weighted by Crippen LogP contribution is -2.28. The molecule has 3 N–H and O–H groups in total. The number of ether oxygens (including phenoxy) is 2. The molecule has 0 saturated carbocycles. The monoisotopic (exact) mass is 380 g/mol. The minimum atomic E-state index is 0.555. The molecule has 6 nitrogen and oxygen atoms in total. The minimum Gasteiger partial charge on any atom is -0.491 e. The van der Waals surface area contributed by atoms with E-state index in [2.05, 4.69) is 28.9 Å². The first-order valence-corrected chi connectivity index (χ1v) is 9.60. The summed E-state index contributed by atoms with van der Waals surface area (Å²) in [5.41, 5.74) is 9.62. The highest BCUT2D eigenvalue weighted by Crippen LogP contribution is 2.36. The van der Waals surface area contributed by atoms with Gasteiger partial charge in [-0.15, -0.1) is 0 Å². The lowest BCUT2D eigenvalue weighted by atomic mass is 10.1. The summed E-state index contributed by atoms with van der Waals surface area (Å²) in [7, 11) is 1.61. The summed E-state index contributed by atoms with van der Waals surface area (Å²) in [6.07, 6.45) is 3.89. The Kier molecular flexibility index (Phi) is 6.55.